The Balaban J connectivity index is 1.70. The first-order valence-corrected chi connectivity index (χ1v) is 7.15. The Bertz CT molecular complexity index is 764. The minimum Gasteiger partial charge on any atom is -0.377 e. The van der Waals surface area contributed by atoms with Crippen molar-refractivity contribution in [3.8, 4) is 11.5 Å². The van der Waals surface area contributed by atoms with Crippen LogP contribution in [0.5, 0.6) is 0 Å². The Kier molecular flexibility index (Phi) is 4.33. The van der Waals surface area contributed by atoms with Gasteiger partial charge >= 0.3 is 0 Å². The van der Waals surface area contributed by atoms with Crippen molar-refractivity contribution < 1.29 is 9.26 Å². The fraction of sp³-hybridized carbons (Fsp3) is 0.333. The molecule has 0 aromatic carbocycles. The van der Waals surface area contributed by atoms with Crippen molar-refractivity contribution in [1.82, 2.24) is 25.3 Å². The van der Waals surface area contributed by atoms with Crippen LogP contribution in [0.25, 0.3) is 11.5 Å². The minimum absolute atomic E-state index is 0.320. The number of anilines is 1. The van der Waals surface area contributed by atoms with E-state index in [1.165, 1.54) is 0 Å². The summed E-state index contributed by atoms with van der Waals surface area (Å²) in [6, 6.07) is 5.83. The molecule has 3 rings (SSSR count). The molecule has 0 amide bonds. The highest BCUT2D eigenvalue weighted by atomic mass is 16.5. The molecule has 8 nitrogen and oxygen atoms in total. The van der Waals surface area contributed by atoms with Crippen molar-refractivity contribution in [3.63, 3.8) is 0 Å². The summed E-state index contributed by atoms with van der Waals surface area (Å²) in [5.41, 5.74) is 2.78. The first-order valence-electron chi connectivity index (χ1n) is 7.15. The van der Waals surface area contributed by atoms with E-state index in [0.29, 0.717) is 24.9 Å². The van der Waals surface area contributed by atoms with Crippen molar-refractivity contribution in [3.05, 3.63) is 41.6 Å². The molecular formula is C15H18N6O2. The fourth-order valence-electron chi connectivity index (χ4n) is 2.18. The summed E-state index contributed by atoms with van der Waals surface area (Å²) < 4.78 is 10.2. The van der Waals surface area contributed by atoms with Crippen molar-refractivity contribution >= 4 is 5.82 Å². The van der Waals surface area contributed by atoms with E-state index in [9.17, 15) is 0 Å². The molecule has 3 aromatic heterocycles. The van der Waals surface area contributed by atoms with Gasteiger partial charge in [-0.1, -0.05) is 5.16 Å². The lowest BCUT2D eigenvalue weighted by molar-refractivity contribution is 0.174. The minimum atomic E-state index is 0.320. The molecule has 1 N–H and O–H groups in total. The van der Waals surface area contributed by atoms with E-state index in [-0.39, 0.29) is 0 Å². The summed E-state index contributed by atoms with van der Waals surface area (Å²) in [6.45, 7) is 2.97. The zero-order valence-corrected chi connectivity index (χ0v) is 13.3. The van der Waals surface area contributed by atoms with E-state index in [0.717, 1.165) is 22.8 Å². The lowest BCUT2D eigenvalue weighted by atomic mass is 10.2. The summed E-state index contributed by atoms with van der Waals surface area (Å²) >= 11 is 0. The van der Waals surface area contributed by atoms with Gasteiger partial charge in [0.2, 0.25) is 0 Å². The number of methoxy groups -OCH3 is 1. The average Bonchev–Trinajstić information content (AvgIpc) is 3.17. The molecule has 0 aliphatic rings. The van der Waals surface area contributed by atoms with Gasteiger partial charge in [0.25, 0.3) is 5.89 Å². The number of H-pyrrole nitrogens is 1. The first kappa shape index (κ1) is 15.2. The molecule has 3 heterocycles. The maximum absolute atomic E-state index is 5.19. The van der Waals surface area contributed by atoms with Crippen LogP contribution in [0.4, 0.5) is 5.82 Å². The molecule has 0 unspecified atom stereocenters. The van der Waals surface area contributed by atoms with Crippen LogP contribution in [-0.4, -0.2) is 39.5 Å². The summed E-state index contributed by atoms with van der Waals surface area (Å²) in [5, 5.41) is 11.0. The Hall–Kier alpha value is -2.74. The fourth-order valence-corrected chi connectivity index (χ4v) is 2.18. The van der Waals surface area contributed by atoms with Crippen molar-refractivity contribution in [2.24, 2.45) is 0 Å². The summed E-state index contributed by atoms with van der Waals surface area (Å²) in [7, 11) is 3.55. The van der Waals surface area contributed by atoms with Crippen LogP contribution in [0, 0.1) is 6.92 Å². The summed E-state index contributed by atoms with van der Waals surface area (Å²) in [6.07, 6.45) is 1.71. The van der Waals surface area contributed by atoms with Crippen molar-refractivity contribution in [2.45, 2.75) is 20.1 Å². The predicted octanol–water partition coefficient (Wildman–Crippen LogP) is 1.95. The second-order valence-electron chi connectivity index (χ2n) is 5.25. The molecule has 23 heavy (non-hydrogen) atoms. The normalized spacial score (nSPS) is 10.9. The van der Waals surface area contributed by atoms with E-state index in [2.05, 4.69) is 25.3 Å². The molecule has 0 saturated carbocycles. The monoisotopic (exact) mass is 314 g/mol. The highest BCUT2D eigenvalue weighted by Gasteiger charge is 2.11. The van der Waals surface area contributed by atoms with Crippen LogP contribution in [0.15, 0.2) is 28.9 Å². The quantitative estimate of drug-likeness (QED) is 0.743. The first-order chi connectivity index (χ1) is 11.2. The van der Waals surface area contributed by atoms with E-state index < -0.39 is 0 Å². The Labute approximate surface area is 133 Å². The van der Waals surface area contributed by atoms with Crippen molar-refractivity contribution in [2.75, 3.05) is 19.1 Å². The Morgan fingerprint density at radius 2 is 2.22 bits per heavy atom. The van der Waals surface area contributed by atoms with Crippen LogP contribution in [0.1, 0.15) is 17.2 Å². The van der Waals surface area contributed by atoms with Crippen LogP contribution in [0.2, 0.25) is 0 Å². The van der Waals surface area contributed by atoms with Crippen LogP contribution in [-0.2, 0) is 17.9 Å². The van der Waals surface area contributed by atoms with Crippen LogP contribution < -0.4 is 4.90 Å². The van der Waals surface area contributed by atoms with Gasteiger partial charge < -0.3 is 14.2 Å². The molecule has 3 aromatic rings. The number of aryl methyl sites for hydroxylation is 1. The van der Waals surface area contributed by atoms with Gasteiger partial charge in [-0.3, -0.25) is 5.10 Å². The topological polar surface area (TPSA) is 93.0 Å². The molecule has 120 valence electrons. The molecule has 0 radical (unpaired) electrons. The number of aromatic amines is 1. The maximum atomic E-state index is 5.19. The van der Waals surface area contributed by atoms with Crippen molar-refractivity contribution in [1.29, 1.82) is 0 Å². The molecule has 0 atom stereocenters. The van der Waals surface area contributed by atoms with E-state index in [1.807, 2.05) is 37.1 Å². The third-order valence-corrected chi connectivity index (χ3v) is 3.29. The predicted molar refractivity (Wildman–Crippen MR) is 83.7 cm³/mol. The zero-order valence-electron chi connectivity index (χ0n) is 13.3. The number of pyridine rings is 1. The van der Waals surface area contributed by atoms with Gasteiger partial charge in [-0.05, 0) is 25.1 Å². The third kappa shape index (κ3) is 3.54. The highest BCUT2D eigenvalue weighted by molar-refractivity contribution is 5.54. The number of nitrogens with one attached hydrogen (secondary N) is 1. The smallest absolute Gasteiger partial charge is 0.259 e. The molecule has 0 saturated heterocycles. The second kappa shape index (κ2) is 6.57. The molecule has 0 bridgehead atoms. The SMILES string of the molecule is COCc1noc(-c2ccc(N(C)Cc3cc(C)[nH]n3)nc2)n1. The van der Waals surface area contributed by atoms with Gasteiger partial charge in [0.15, 0.2) is 5.82 Å². The molecule has 0 fully saturated rings. The number of hydrogen-bond acceptors (Lipinski definition) is 7. The van der Waals surface area contributed by atoms with Gasteiger partial charge in [-0.15, -0.1) is 0 Å². The van der Waals surface area contributed by atoms with Gasteiger partial charge in [0, 0.05) is 26.0 Å². The highest BCUT2D eigenvalue weighted by Crippen LogP contribution is 2.19. The number of hydrogen-bond donors (Lipinski definition) is 1. The largest absolute Gasteiger partial charge is 0.377 e. The van der Waals surface area contributed by atoms with E-state index >= 15 is 0 Å². The molecule has 0 aliphatic heterocycles. The third-order valence-electron chi connectivity index (χ3n) is 3.29. The van der Waals surface area contributed by atoms with E-state index in [1.54, 1.807) is 13.3 Å². The lowest BCUT2D eigenvalue weighted by Gasteiger charge is -2.16. The van der Waals surface area contributed by atoms with Gasteiger partial charge in [0.05, 0.1) is 17.8 Å². The summed E-state index contributed by atoms with van der Waals surface area (Å²) in [4.78, 5) is 10.7. The molecule has 0 aliphatic carbocycles. The molecular weight excluding hydrogens is 296 g/mol. The van der Waals surface area contributed by atoms with Crippen LogP contribution >= 0.6 is 0 Å². The van der Waals surface area contributed by atoms with Crippen LogP contribution in [0.3, 0.4) is 0 Å². The zero-order chi connectivity index (χ0) is 16.2. The number of rotatable bonds is 6. The average molecular weight is 314 g/mol. The lowest BCUT2D eigenvalue weighted by Crippen LogP contribution is -2.17. The molecule has 8 heteroatoms. The standard InChI is InChI=1S/C15H18N6O2/c1-10-6-12(19-18-10)8-21(2)14-5-4-11(7-16-14)15-17-13(9-22-3)20-23-15/h4-7H,8-9H2,1-3H3,(H,18,19). The maximum Gasteiger partial charge on any atom is 0.259 e. The van der Waals surface area contributed by atoms with Gasteiger partial charge in [-0.25, -0.2) is 4.98 Å². The number of ether oxygens (including phenoxy) is 1. The second-order valence-corrected chi connectivity index (χ2v) is 5.25. The summed E-state index contributed by atoms with van der Waals surface area (Å²) in [5.74, 6) is 1.78. The van der Waals surface area contributed by atoms with Gasteiger partial charge in [-0.2, -0.15) is 10.1 Å². The Morgan fingerprint density at radius 1 is 1.35 bits per heavy atom. The molecule has 0 spiro atoms. The number of nitrogens with zero attached hydrogens (tertiary/aromatic N) is 5. The Morgan fingerprint density at radius 3 is 2.87 bits per heavy atom. The number of aromatic nitrogens is 5. The van der Waals surface area contributed by atoms with E-state index in [4.69, 9.17) is 9.26 Å². The van der Waals surface area contributed by atoms with Gasteiger partial charge in [0.1, 0.15) is 12.4 Å².